The molecule has 1 aromatic carbocycles. The van der Waals surface area contributed by atoms with Gasteiger partial charge in [0.05, 0.1) is 11.9 Å². The van der Waals surface area contributed by atoms with Crippen molar-refractivity contribution in [1.29, 1.82) is 0 Å². The van der Waals surface area contributed by atoms with Crippen LogP contribution in [-0.2, 0) is 6.61 Å². The van der Waals surface area contributed by atoms with Crippen LogP contribution in [0.3, 0.4) is 0 Å². The van der Waals surface area contributed by atoms with Crippen molar-refractivity contribution in [3.05, 3.63) is 65.2 Å². The Hall–Kier alpha value is -2.54. The van der Waals surface area contributed by atoms with Crippen LogP contribution in [0.5, 0.6) is 5.75 Å². The highest BCUT2D eigenvalue weighted by Gasteiger charge is 2.09. The van der Waals surface area contributed by atoms with Gasteiger partial charge in [0.1, 0.15) is 18.2 Å². The summed E-state index contributed by atoms with van der Waals surface area (Å²) >= 11 is 5.21. The molecule has 0 atom stereocenters. The summed E-state index contributed by atoms with van der Waals surface area (Å²) in [5.41, 5.74) is 0.800. The first-order chi connectivity index (χ1) is 10.2. The van der Waals surface area contributed by atoms with E-state index in [1.165, 1.54) is 12.1 Å². The highest BCUT2D eigenvalue weighted by atomic mass is 32.1. The van der Waals surface area contributed by atoms with Crippen molar-refractivity contribution in [2.45, 2.75) is 6.61 Å². The zero-order valence-electron chi connectivity index (χ0n) is 10.9. The van der Waals surface area contributed by atoms with Gasteiger partial charge in [-0.1, -0.05) is 0 Å². The Morgan fingerprint density at radius 2 is 2.05 bits per heavy atom. The summed E-state index contributed by atoms with van der Waals surface area (Å²) in [7, 11) is 0. The van der Waals surface area contributed by atoms with E-state index in [9.17, 15) is 4.39 Å². The van der Waals surface area contributed by atoms with Crippen molar-refractivity contribution in [1.82, 2.24) is 19.7 Å². The maximum Gasteiger partial charge on any atom is 0.200 e. The standard InChI is InChI=1S/C14H11FN4OS/c15-10-3-5-12(6-4-10)20-9-13-17-18-14(21)19(13)11-2-1-7-16-8-11/h1-8H,9H2,(H,18,21). The number of benzene rings is 1. The summed E-state index contributed by atoms with van der Waals surface area (Å²) < 4.78 is 20.6. The molecule has 3 rings (SSSR count). The summed E-state index contributed by atoms with van der Waals surface area (Å²) in [5.74, 6) is 0.862. The lowest BCUT2D eigenvalue weighted by molar-refractivity contribution is 0.293. The normalized spacial score (nSPS) is 10.5. The lowest BCUT2D eigenvalue weighted by atomic mass is 10.3. The number of nitrogens with one attached hydrogen (secondary N) is 1. The zero-order chi connectivity index (χ0) is 14.7. The Bertz CT molecular complexity index is 783. The van der Waals surface area contributed by atoms with Gasteiger partial charge in [-0.05, 0) is 48.6 Å². The third-order valence-electron chi connectivity index (χ3n) is 2.83. The monoisotopic (exact) mass is 302 g/mol. The minimum Gasteiger partial charge on any atom is -0.486 e. The van der Waals surface area contributed by atoms with Crippen LogP contribution in [0.2, 0.25) is 0 Å². The third-order valence-corrected chi connectivity index (χ3v) is 3.10. The smallest absolute Gasteiger partial charge is 0.200 e. The van der Waals surface area contributed by atoms with E-state index in [1.54, 1.807) is 29.1 Å². The van der Waals surface area contributed by atoms with Crippen molar-refractivity contribution in [3.63, 3.8) is 0 Å². The molecule has 2 aromatic heterocycles. The molecule has 0 saturated heterocycles. The van der Waals surface area contributed by atoms with E-state index in [-0.39, 0.29) is 12.4 Å². The van der Waals surface area contributed by atoms with Crippen LogP contribution in [-0.4, -0.2) is 19.7 Å². The number of H-pyrrole nitrogens is 1. The number of pyridine rings is 1. The molecule has 106 valence electrons. The van der Waals surface area contributed by atoms with Crippen molar-refractivity contribution >= 4 is 12.2 Å². The fourth-order valence-electron chi connectivity index (χ4n) is 1.86. The molecule has 0 aliphatic rings. The molecule has 0 aliphatic heterocycles. The van der Waals surface area contributed by atoms with E-state index in [2.05, 4.69) is 15.2 Å². The summed E-state index contributed by atoms with van der Waals surface area (Å²) in [6.07, 6.45) is 3.37. The maximum atomic E-state index is 12.8. The topological polar surface area (TPSA) is 55.7 Å². The minimum absolute atomic E-state index is 0.202. The van der Waals surface area contributed by atoms with Gasteiger partial charge in [-0.3, -0.25) is 14.6 Å². The predicted octanol–water partition coefficient (Wildman–Crippen LogP) is 3.04. The van der Waals surface area contributed by atoms with Crippen molar-refractivity contribution in [2.24, 2.45) is 0 Å². The molecule has 0 spiro atoms. The molecule has 0 unspecified atom stereocenters. The van der Waals surface area contributed by atoms with Crippen molar-refractivity contribution in [3.8, 4) is 11.4 Å². The molecule has 2 heterocycles. The highest BCUT2D eigenvalue weighted by Crippen LogP contribution is 2.15. The maximum absolute atomic E-state index is 12.8. The predicted molar refractivity (Wildman–Crippen MR) is 77.3 cm³/mol. The molecule has 0 radical (unpaired) electrons. The van der Waals surface area contributed by atoms with Gasteiger partial charge in [0.2, 0.25) is 0 Å². The van der Waals surface area contributed by atoms with Crippen LogP contribution in [0.25, 0.3) is 5.69 Å². The molecule has 7 heteroatoms. The fourth-order valence-corrected chi connectivity index (χ4v) is 2.11. The Balaban J connectivity index is 1.84. The van der Waals surface area contributed by atoms with Crippen LogP contribution in [0.15, 0.2) is 48.8 Å². The summed E-state index contributed by atoms with van der Waals surface area (Å²) in [6.45, 7) is 0.202. The largest absolute Gasteiger partial charge is 0.486 e. The van der Waals surface area contributed by atoms with E-state index < -0.39 is 0 Å². The van der Waals surface area contributed by atoms with Crippen LogP contribution in [0, 0.1) is 10.6 Å². The lowest BCUT2D eigenvalue weighted by Gasteiger charge is -2.08. The average molecular weight is 302 g/mol. The van der Waals surface area contributed by atoms with E-state index >= 15 is 0 Å². The second kappa shape index (κ2) is 5.84. The molecule has 0 bridgehead atoms. The van der Waals surface area contributed by atoms with Crippen LogP contribution in [0.1, 0.15) is 5.82 Å². The number of ether oxygens (including phenoxy) is 1. The summed E-state index contributed by atoms with van der Waals surface area (Å²) in [6, 6.07) is 9.49. The number of halogens is 1. The second-order valence-corrected chi connectivity index (χ2v) is 4.62. The van der Waals surface area contributed by atoms with Gasteiger partial charge < -0.3 is 4.74 Å². The van der Waals surface area contributed by atoms with Gasteiger partial charge in [-0.15, -0.1) is 0 Å². The number of hydrogen-bond donors (Lipinski definition) is 1. The van der Waals surface area contributed by atoms with Crippen molar-refractivity contribution < 1.29 is 9.13 Å². The van der Waals surface area contributed by atoms with Crippen LogP contribution in [0.4, 0.5) is 4.39 Å². The lowest BCUT2D eigenvalue weighted by Crippen LogP contribution is -2.06. The molecule has 5 nitrogen and oxygen atoms in total. The van der Waals surface area contributed by atoms with Crippen LogP contribution < -0.4 is 4.74 Å². The Labute approximate surface area is 125 Å². The fraction of sp³-hybridized carbons (Fsp3) is 0.0714. The van der Waals surface area contributed by atoms with Crippen molar-refractivity contribution in [2.75, 3.05) is 0 Å². The highest BCUT2D eigenvalue weighted by molar-refractivity contribution is 7.71. The molecule has 0 fully saturated rings. The molecule has 0 amide bonds. The van der Waals surface area contributed by atoms with Crippen LogP contribution >= 0.6 is 12.2 Å². The Kier molecular flexibility index (Phi) is 3.74. The zero-order valence-corrected chi connectivity index (χ0v) is 11.7. The van der Waals surface area contributed by atoms with Gasteiger partial charge in [-0.25, -0.2) is 4.39 Å². The molecule has 3 aromatic rings. The van der Waals surface area contributed by atoms with E-state index in [0.29, 0.717) is 16.3 Å². The molecular weight excluding hydrogens is 291 g/mol. The number of hydrogen-bond acceptors (Lipinski definition) is 4. The third kappa shape index (κ3) is 2.97. The molecule has 1 N–H and O–H groups in total. The van der Waals surface area contributed by atoms with E-state index in [0.717, 1.165) is 5.69 Å². The van der Waals surface area contributed by atoms with E-state index in [4.69, 9.17) is 17.0 Å². The molecule has 21 heavy (non-hydrogen) atoms. The molecule has 0 saturated carbocycles. The molecule has 0 aliphatic carbocycles. The molecular formula is C14H11FN4OS. The average Bonchev–Trinajstić information content (AvgIpc) is 2.88. The minimum atomic E-state index is -0.305. The quantitative estimate of drug-likeness (QED) is 0.753. The van der Waals surface area contributed by atoms with Gasteiger partial charge in [0, 0.05) is 6.20 Å². The first kappa shape index (κ1) is 13.4. The first-order valence-electron chi connectivity index (χ1n) is 6.19. The van der Waals surface area contributed by atoms with Gasteiger partial charge in [0.15, 0.2) is 10.6 Å². The summed E-state index contributed by atoms with van der Waals surface area (Å²) in [5, 5.41) is 6.87. The first-order valence-corrected chi connectivity index (χ1v) is 6.60. The number of aromatic amines is 1. The number of nitrogens with zero attached hydrogens (tertiary/aromatic N) is 3. The summed E-state index contributed by atoms with van der Waals surface area (Å²) in [4.78, 5) is 4.06. The van der Waals surface area contributed by atoms with Gasteiger partial charge in [0.25, 0.3) is 0 Å². The number of aromatic nitrogens is 4. The van der Waals surface area contributed by atoms with Gasteiger partial charge >= 0.3 is 0 Å². The van der Waals surface area contributed by atoms with E-state index in [1.807, 2.05) is 12.1 Å². The SMILES string of the molecule is Fc1ccc(OCc2n[nH]c(=S)n2-c2cccnc2)cc1. The Morgan fingerprint density at radius 3 is 2.76 bits per heavy atom. The van der Waals surface area contributed by atoms with Gasteiger partial charge in [-0.2, -0.15) is 5.10 Å². The number of rotatable bonds is 4. The second-order valence-electron chi connectivity index (χ2n) is 4.23. The Morgan fingerprint density at radius 1 is 1.24 bits per heavy atom.